The molecule has 0 atom stereocenters. The predicted octanol–water partition coefficient (Wildman–Crippen LogP) is 3.67. The number of urea groups is 1. The van der Waals surface area contributed by atoms with Crippen molar-refractivity contribution in [2.75, 3.05) is 39.3 Å². The number of hydrogen-bond donors (Lipinski definition) is 1. The van der Waals surface area contributed by atoms with Crippen LogP contribution >= 0.6 is 0 Å². The van der Waals surface area contributed by atoms with Crippen LogP contribution in [0.25, 0.3) is 0 Å². The molecule has 194 valence electrons. The molecule has 0 spiro atoms. The van der Waals surface area contributed by atoms with Gasteiger partial charge in [-0.25, -0.2) is 9.18 Å². The number of likely N-dealkylation sites (tertiary alicyclic amines) is 1. The van der Waals surface area contributed by atoms with Crippen LogP contribution in [-0.2, 0) is 17.8 Å². The van der Waals surface area contributed by atoms with Crippen molar-refractivity contribution in [3.8, 4) is 5.75 Å². The molecule has 2 fully saturated rings. The third-order valence-electron chi connectivity index (χ3n) is 6.87. The number of nitrogens with zero attached hydrogens (tertiary/aromatic N) is 3. The predicted molar refractivity (Wildman–Crippen MR) is 137 cm³/mol. The molecule has 4 rings (SSSR count). The van der Waals surface area contributed by atoms with Crippen LogP contribution in [0.15, 0.2) is 48.5 Å². The minimum Gasteiger partial charge on any atom is -0.491 e. The number of piperidine rings is 1. The van der Waals surface area contributed by atoms with E-state index in [0.29, 0.717) is 13.0 Å². The molecule has 7 nitrogen and oxygen atoms in total. The monoisotopic (exact) mass is 496 g/mol. The zero-order chi connectivity index (χ0) is 25.5. The molecule has 2 aliphatic rings. The molecule has 3 amide bonds. The van der Waals surface area contributed by atoms with Crippen molar-refractivity contribution >= 4 is 11.9 Å². The van der Waals surface area contributed by atoms with E-state index in [2.05, 4.69) is 10.2 Å². The number of carbonyl (C=O) groups is 2. The van der Waals surface area contributed by atoms with E-state index in [1.807, 2.05) is 47.9 Å². The highest BCUT2D eigenvalue weighted by atomic mass is 19.1. The number of nitrogens with one attached hydrogen (secondary N) is 1. The molecule has 0 aliphatic carbocycles. The molecule has 8 heteroatoms. The van der Waals surface area contributed by atoms with Crippen LogP contribution in [0.3, 0.4) is 0 Å². The van der Waals surface area contributed by atoms with Crippen LogP contribution in [-0.4, -0.2) is 78.1 Å². The maximum absolute atomic E-state index is 13.5. The molecule has 2 saturated heterocycles. The first kappa shape index (κ1) is 25.9. The third kappa shape index (κ3) is 7.20. The number of amides is 3. The Morgan fingerprint density at radius 1 is 1.03 bits per heavy atom. The number of hydrogen-bond acceptors (Lipinski definition) is 4. The maximum atomic E-state index is 13.5. The van der Waals surface area contributed by atoms with E-state index in [1.165, 1.54) is 12.1 Å². The van der Waals surface area contributed by atoms with Crippen LogP contribution in [0.4, 0.5) is 9.18 Å². The van der Waals surface area contributed by atoms with Gasteiger partial charge in [0.2, 0.25) is 5.91 Å². The Labute approximate surface area is 213 Å². The molecule has 1 N–H and O–H groups in total. The average molecular weight is 497 g/mol. The van der Waals surface area contributed by atoms with Gasteiger partial charge in [-0.15, -0.1) is 0 Å². The molecule has 0 bridgehead atoms. The smallest absolute Gasteiger partial charge is 0.317 e. The molecule has 0 radical (unpaired) electrons. The Kier molecular flexibility index (Phi) is 8.80. The van der Waals surface area contributed by atoms with Crippen molar-refractivity contribution in [1.82, 2.24) is 20.0 Å². The molecule has 0 unspecified atom stereocenters. The Morgan fingerprint density at radius 3 is 2.31 bits per heavy atom. The lowest BCUT2D eigenvalue weighted by Crippen LogP contribution is -2.48. The Morgan fingerprint density at radius 2 is 1.69 bits per heavy atom. The molecule has 36 heavy (non-hydrogen) atoms. The minimum absolute atomic E-state index is 0.0183. The summed E-state index contributed by atoms with van der Waals surface area (Å²) in [6, 6.07) is 14.3. The highest BCUT2D eigenvalue weighted by Crippen LogP contribution is 2.22. The van der Waals surface area contributed by atoms with Crippen LogP contribution in [0.1, 0.15) is 37.8 Å². The van der Waals surface area contributed by atoms with E-state index in [0.717, 1.165) is 69.0 Å². The maximum Gasteiger partial charge on any atom is 0.317 e. The fourth-order valence-electron chi connectivity index (χ4n) is 4.88. The first-order valence-electron chi connectivity index (χ1n) is 12.9. The molecule has 2 aliphatic heterocycles. The second-order valence-electron chi connectivity index (χ2n) is 9.93. The van der Waals surface area contributed by atoms with Gasteiger partial charge in [0.15, 0.2) is 0 Å². The molecule has 2 heterocycles. The highest BCUT2D eigenvalue weighted by molar-refractivity contribution is 5.79. The minimum atomic E-state index is -0.277. The average Bonchev–Trinajstić information content (AvgIpc) is 3.28. The van der Waals surface area contributed by atoms with Gasteiger partial charge in [-0.1, -0.05) is 24.3 Å². The summed E-state index contributed by atoms with van der Waals surface area (Å²) in [5, 5.41) is 2.84. The van der Waals surface area contributed by atoms with Gasteiger partial charge in [0, 0.05) is 51.9 Å². The van der Waals surface area contributed by atoms with E-state index in [9.17, 15) is 14.0 Å². The summed E-state index contributed by atoms with van der Waals surface area (Å²) >= 11 is 0. The second-order valence-corrected chi connectivity index (χ2v) is 9.93. The van der Waals surface area contributed by atoms with Crippen molar-refractivity contribution in [2.24, 2.45) is 0 Å². The van der Waals surface area contributed by atoms with Crippen molar-refractivity contribution in [1.29, 1.82) is 0 Å². The SMILES string of the molecule is CC(C)Oc1ccc(CC(=O)N(Cc2ccc(F)cc2)C2CCN(CCN3CCNC3=O)CC2)cc1. The molecule has 2 aromatic carbocycles. The summed E-state index contributed by atoms with van der Waals surface area (Å²) < 4.78 is 19.2. The Hall–Kier alpha value is -3.13. The standard InChI is InChI=1S/C28H37FN4O3/c1-21(2)36-26-9-5-22(6-10-26)19-27(34)33(20-23-3-7-24(29)8-4-23)25-11-14-31(15-12-25)17-18-32-16-13-30-28(32)35/h3-10,21,25H,11-20H2,1-2H3,(H,30,35). The summed E-state index contributed by atoms with van der Waals surface area (Å²) in [6.45, 7) is 9.25. The molecular formula is C28H37FN4O3. The number of benzene rings is 2. The lowest BCUT2D eigenvalue weighted by molar-refractivity contribution is -0.134. The van der Waals surface area contributed by atoms with Crippen molar-refractivity contribution in [3.63, 3.8) is 0 Å². The Balaban J connectivity index is 1.38. The number of carbonyl (C=O) groups excluding carboxylic acids is 2. The van der Waals surface area contributed by atoms with Crippen molar-refractivity contribution in [2.45, 2.75) is 51.8 Å². The molecular weight excluding hydrogens is 459 g/mol. The highest BCUT2D eigenvalue weighted by Gasteiger charge is 2.29. The second kappa shape index (κ2) is 12.2. The fraction of sp³-hybridized carbons (Fsp3) is 0.500. The lowest BCUT2D eigenvalue weighted by atomic mass is 10.0. The molecule has 0 saturated carbocycles. The van der Waals surface area contributed by atoms with Gasteiger partial charge in [0.1, 0.15) is 11.6 Å². The van der Waals surface area contributed by atoms with Crippen molar-refractivity contribution in [3.05, 3.63) is 65.5 Å². The van der Waals surface area contributed by atoms with Gasteiger partial charge in [-0.2, -0.15) is 0 Å². The number of halogens is 1. The van der Waals surface area contributed by atoms with E-state index in [4.69, 9.17) is 4.74 Å². The van der Waals surface area contributed by atoms with E-state index >= 15 is 0 Å². The molecule has 0 aromatic heterocycles. The van der Waals surface area contributed by atoms with Crippen LogP contribution in [0.2, 0.25) is 0 Å². The van der Waals surface area contributed by atoms with E-state index in [-0.39, 0.29) is 29.9 Å². The van der Waals surface area contributed by atoms with Gasteiger partial charge < -0.3 is 24.8 Å². The third-order valence-corrected chi connectivity index (χ3v) is 6.87. The summed E-state index contributed by atoms with van der Waals surface area (Å²) in [4.78, 5) is 31.5. The van der Waals surface area contributed by atoms with E-state index in [1.54, 1.807) is 12.1 Å². The lowest BCUT2D eigenvalue weighted by Gasteiger charge is -2.39. The number of ether oxygens (including phenoxy) is 1. The first-order valence-corrected chi connectivity index (χ1v) is 12.9. The largest absolute Gasteiger partial charge is 0.491 e. The summed E-state index contributed by atoms with van der Waals surface area (Å²) in [6.07, 6.45) is 2.16. The van der Waals surface area contributed by atoms with E-state index < -0.39 is 0 Å². The van der Waals surface area contributed by atoms with Gasteiger partial charge in [0.25, 0.3) is 0 Å². The van der Waals surface area contributed by atoms with Gasteiger partial charge in [-0.05, 0) is 62.1 Å². The summed E-state index contributed by atoms with van der Waals surface area (Å²) in [5.41, 5.74) is 1.87. The topological polar surface area (TPSA) is 65.1 Å². The van der Waals surface area contributed by atoms with Crippen LogP contribution in [0.5, 0.6) is 5.75 Å². The van der Waals surface area contributed by atoms with Crippen molar-refractivity contribution < 1.29 is 18.7 Å². The van der Waals surface area contributed by atoms with Gasteiger partial charge >= 0.3 is 6.03 Å². The fourth-order valence-corrected chi connectivity index (χ4v) is 4.88. The summed E-state index contributed by atoms with van der Waals surface area (Å²) in [5.74, 6) is 0.590. The Bertz CT molecular complexity index is 1000. The zero-order valence-corrected chi connectivity index (χ0v) is 21.3. The zero-order valence-electron chi connectivity index (χ0n) is 21.3. The normalized spacial score (nSPS) is 16.9. The summed E-state index contributed by atoms with van der Waals surface area (Å²) in [7, 11) is 0. The van der Waals surface area contributed by atoms with Gasteiger partial charge in [-0.3, -0.25) is 4.79 Å². The van der Waals surface area contributed by atoms with Gasteiger partial charge in [0.05, 0.1) is 12.5 Å². The van der Waals surface area contributed by atoms with Crippen LogP contribution in [0, 0.1) is 5.82 Å². The number of rotatable bonds is 10. The quantitative estimate of drug-likeness (QED) is 0.545. The first-order chi connectivity index (χ1) is 17.4. The molecule has 2 aromatic rings. The van der Waals surface area contributed by atoms with Crippen LogP contribution < -0.4 is 10.1 Å².